The van der Waals surface area contributed by atoms with Gasteiger partial charge in [0.2, 0.25) is 11.7 Å². The summed E-state index contributed by atoms with van der Waals surface area (Å²) in [6, 6.07) is 6.70. The van der Waals surface area contributed by atoms with Gasteiger partial charge in [-0.25, -0.2) is 4.39 Å². The lowest BCUT2D eigenvalue weighted by Gasteiger charge is -2.37. The van der Waals surface area contributed by atoms with E-state index in [0.717, 1.165) is 32.2 Å². The molecule has 1 saturated heterocycles. The summed E-state index contributed by atoms with van der Waals surface area (Å²) in [5.41, 5.74) is 0. The van der Waals surface area contributed by atoms with E-state index in [4.69, 9.17) is 9.26 Å². The summed E-state index contributed by atoms with van der Waals surface area (Å²) in [7, 11) is 0. The van der Waals surface area contributed by atoms with E-state index >= 15 is 0 Å². The molecule has 0 spiro atoms. The number of piperazine rings is 1. The van der Waals surface area contributed by atoms with E-state index in [1.165, 1.54) is 37.8 Å². The van der Waals surface area contributed by atoms with Gasteiger partial charge in [0.05, 0.1) is 6.54 Å². The SMILES string of the molecule is Fc1ccc(OCc2noc(CN3CCN(C4CCCC4)CC3)n2)cc1. The highest BCUT2D eigenvalue weighted by atomic mass is 19.1. The molecule has 0 atom stereocenters. The molecular formula is C19H25FN4O2. The molecular weight excluding hydrogens is 335 g/mol. The van der Waals surface area contributed by atoms with Crippen molar-refractivity contribution in [2.45, 2.75) is 44.9 Å². The van der Waals surface area contributed by atoms with Gasteiger partial charge in [-0.1, -0.05) is 18.0 Å². The summed E-state index contributed by atoms with van der Waals surface area (Å²) in [6.07, 6.45) is 5.49. The lowest BCUT2D eigenvalue weighted by atomic mass is 10.2. The van der Waals surface area contributed by atoms with Gasteiger partial charge in [-0.15, -0.1) is 0 Å². The summed E-state index contributed by atoms with van der Waals surface area (Å²) in [5.74, 6) is 1.43. The molecule has 2 heterocycles. The van der Waals surface area contributed by atoms with E-state index < -0.39 is 0 Å². The molecule has 1 aliphatic heterocycles. The quantitative estimate of drug-likeness (QED) is 0.790. The molecule has 1 aromatic heterocycles. The van der Waals surface area contributed by atoms with E-state index in [1.54, 1.807) is 12.1 Å². The van der Waals surface area contributed by atoms with E-state index in [9.17, 15) is 4.39 Å². The predicted molar refractivity (Wildman–Crippen MR) is 94.1 cm³/mol. The van der Waals surface area contributed by atoms with Crippen LogP contribution in [0.2, 0.25) is 0 Å². The second-order valence-electron chi connectivity index (χ2n) is 7.10. The highest BCUT2D eigenvalue weighted by Crippen LogP contribution is 2.24. The van der Waals surface area contributed by atoms with E-state index in [1.807, 2.05) is 0 Å². The normalized spacial score (nSPS) is 19.9. The Balaban J connectivity index is 1.23. The minimum absolute atomic E-state index is 0.213. The summed E-state index contributed by atoms with van der Waals surface area (Å²) in [4.78, 5) is 9.40. The van der Waals surface area contributed by atoms with Crippen molar-refractivity contribution in [3.63, 3.8) is 0 Å². The second kappa shape index (κ2) is 8.14. The van der Waals surface area contributed by atoms with Crippen molar-refractivity contribution in [2.24, 2.45) is 0 Å². The average molecular weight is 360 g/mol. The molecule has 0 bridgehead atoms. The first kappa shape index (κ1) is 17.4. The second-order valence-corrected chi connectivity index (χ2v) is 7.10. The Morgan fingerprint density at radius 1 is 1.08 bits per heavy atom. The number of rotatable bonds is 6. The van der Waals surface area contributed by atoms with Crippen molar-refractivity contribution in [3.8, 4) is 5.75 Å². The first-order chi connectivity index (χ1) is 12.8. The fourth-order valence-corrected chi connectivity index (χ4v) is 3.84. The van der Waals surface area contributed by atoms with Crippen molar-refractivity contribution >= 4 is 0 Å². The van der Waals surface area contributed by atoms with Crippen LogP contribution in [-0.4, -0.2) is 52.2 Å². The van der Waals surface area contributed by atoms with Crippen LogP contribution in [0.1, 0.15) is 37.4 Å². The van der Waals surface area contributed by atoms with E-state index in [2.05, 4.69) is 19.9 Å². The minimum atomic E-state index is -0.285. The van der Waals surface area contributed by atoms with E-state index in [0.29, 0.717) is 24.0 Å². The monoisotopic (exact) mass is 360 g/mol. The smallest absolute Gasteiger partial charge is 0.240 e. The number of hydrogen-bond acceptors (Lipinski definition) is 6. The largest absolute Gasteiger partial charge is 0.485 e. The molecule has 2 fully saturated rings. The Labute approximate surface area is 152 Å². The number of hydrogen-bond donors (Lipinski definition) is 0. The number of nitrogens with zero attached hydrogens (tertiary/aromatic N) is 4. The maximum atomic E-state index is 12.9. The van der Waals surface area contributed by atoms with Crippen LogP contribution < -0.4 is 4.74 Å². The van der Waals surface area contributed by atoms with Gasteiger partial charge >= 0.3 is 0 Å². The van der Waals surface area contributed by atoms with Crippen LogP contribution in [0.3, 0.4) is 0 Å². The predicted octanol–water partition coefficient (Wildman–Crippen LogP) is 2.85. The standard InChI is InChI=1S/C19H25FN4O2/c20-15-5-7-17(8-6-15)25-14-18-21-19(26-22-18)13-23-9-11-24(12-10-23)16-3-1-2-4-16/h5-8,16H,1-4,9-14H2. The van der Waals surface area contributed by atoms with Gasteiger partial charge in [0.15, 0.2) is 6.61 Å². The molecule has 7 heteroatoms. The Morgan fingerprint density at radius 2 is 1.81 bits per heavy atom. The van der Waals surface area contributed by atoms with Crippen LogP contribution >= 0.6 is 0 Å². The topological polar surface area (TPSA) is 54.6 Å². The van der Waals surface area contributed by atoms with Crippen LogP contribution in [0.25, 0.3) is 0 Å². The highest BCUT2D eigenvalue weighted by molar-refractivity contribution is 5.22. The summed E-state index contributed by atoms with van der Waals surface area (Å²) in [6.45, 7) is 5.23. The molecule has 0 unspecified atom stereocenters. The first-order valence-corrected chi connectivity index (χ1v) is 9.42. The Kier molecular flexibility index (Phi) is 5.45. The minimum Gasteiger partial charge on any atom is -0.485 e. The van der Waals surface area contributed by atoms with Gasteiger partial charge in [-0.3, -0.25) is 9.80 Å². The van der Waals surface area contributed by atoms with Crippen LogP contribution in [0.4, 0.5) is 4.39 Å². The lowest BCUT2D eigenvalue weighted by Crippen LogP contribution is -2.49. The maximum absolute atomic E-state index is 12.9. The zero-order valence-corrected chi connectivity index (χ0v) is 14.9. The number of benzene rings is 1. The molecule has 0 radical (unpaired) electrons. The van der Waals surface area contributed by atoms with Gasteiger partial charge < -0.3 is 9.26 Å². The molecule has 1 aliphatic carbocycles. The fraction of sp³-hybridized carbons (Fsp3) is 0.579. The molecule has 4 rings (SSSR count). The molecule has 1 aromatic carbocycles. The Bertz CT molecular complexity index is 692. The zero-order chi connectivity index (χ0) is 17.8. The lowest BCUT2D eigenvalue weighted by molar-refractivity contribution is 0.0868. The van der Waals surface area contributed by atoms with Crippen LogP contribution in [0.15, 0.2) is 28.8 Å². The van der Waals surface area contributed by atoms with E-state index in [-0.39, 0.29) is 12.4 Å². The van der Waals surface area contributed by atoms with Crippen LogP contribution in [-0.2, 0) is 13.2 Å². The van der Waals surface area contributed by atoms with Crippen molar-refractivity contribution in [1.29, 1.82) is 0 Å². The summed E-state index contributed by atoms with van der Waals surface area (Å²) in [5, 5.41) is 3.97. The Morgan fingerprint density at radius 3 is 2.54 bits per heavy atom. The summed E-state index contributed by atoms with van der Waals surface area (Å²) < 4.78 is 23.8. The molecule has 140 valence electrons. The number of halogens is 1. The molecule has 0 amide bonds. The number of aromatic nitrogens is 2. The molecule has 2 aromatic rings. The Hall–Kier alpha value is -1.99. The molecule has 1 saturated carbocycles. The molecule has 2 aliphatic rings. The van der Waals surface area contributed by atoms with Crippen LogP contribution in [0, 0.1) is 5.82 Å². The third kappa shape index (κ3) is 4.40. The maximum Gasteiger partial charge on any atom is 0.240 e. The summed E-state index contributed by atoms with van der Waals surface area (Å²) >= 11 is 0. The molecule has 0 N–H and O–H groups in total. The van der Waals surface area contributed by atoms with Gasteiger partial charge in [-0.05, 0) is 37.1 Å². The third-order valence-electron chi connectivity index (χ3n) is 5.30. The number of ether oxygens (including phenoxy) is 1. The fourth-order valence-electron chi connectivity index (χ4n) is 3.84. The van der Waals surface area contributed by atoms with Gasteiger partial charge in [0.1, 0.15) is 11.6 Å². The first-order valence-electron chi connectivity index (χ1n) is 9.42. The van der Waals surface area contributed by atoms with Crippen molar-refractivity contribution in [2.75, 3.05) is 26.2 Å². The van der Waals surface area contributed by atoms with Gasteiger partial charge in [-0.2, -0.15) is 4.98 Å². The van der Waals surface area contributed by atoms with Crippen LogP contribution in [0.5, 0.6) is 5.75 Å². The molecule has 26 heavy (non-hydrogen) atoms. The van der Waals surface area contributed by atoms with Gasteiger partial charge in [0, 0.05) is 32.2 Å². The van der Waals surface area contributed by atoms with Gasteiger partial charge in [0.25, 0.3) is 0 Å². The van der Waals surface area contributed by atoms with Crippen molar-refractivity contribution in [3.05, 3.63) is 41.8 Å². The van der Waals surface area contributed by atoms with Crippen molar-refractivity contribution in [1.82, 2.24) is 19.9 Å². The highest BCUT2D eigenvalue weighted by Gasteiger charge is 2.26. The van der Waals surface area contributed by atoms with Crippen molar-refractivity contribution < 1.29 is 13.7 Å². The third-order valence-corrected chi connectivity index (χ3v) is 5.30. The zero-order valence-electron chi connectivity index (χ0n) is 14.9. The average Bonchev–Trinajstić information content (AvgIpc) is 3.34. The molecule has 6 nitrogen and oxygen atoms in total.